The Kier molecular flexibility index (Phi) is 5.58. The summed E-state index contributed by atoms with van der Waals surface area (Å²) in [6.07, 6.45) is 2.61. The summed E-state index contributed by atoms with van der Waals surface area (Å²) in [5.74, 6) is 0.224. The Hall–Kier alpha value is -2.56. The second-order valence-electron chi connectivity index (χ2n) is 4.64. The number of anilines is 1. The highest BCUT2D eigenvalue weighted by Crippen LogP contribution is 2.15. The van der Waals surface area contributed by atoms with Gasteiger partial charge in [0.2, 0.25) is 11.8 Å². The number of aromatic nitrogens is 1. The molecule has 1 aromatic heterocycles. The van der Waals surface area contributed by atoms with Crippen molar-refractivity contribution >= 4 is 11.6 Å². The van der Waals surface area contributed by atoms with Crippen LogP contribution in [0.2, 0.25) is 0 Å². The van der Waals surface area contributed by atoms with E-state index in [2.05, 4.69) is 22.4 Å². The molecule has 110 valence electrons. The minimum atomic E-state index is -0.315. The number of primary amides is 1. The molecule has 0 saturated carbocycles. The molecule has 0 spiro atoms. The number of carbonyl (C=O) groups excluding carboxylic acids is 1. The fourth-order valence-corrected chi connectivity index (χ4v) is 1.82. The van der Waals surface area contributed by atoms with E-state index in [0.29, 0.717) is 25.3 Å². The van der Waals surface area contributed by atoms with Crippen LogP contribution in [0, 0.1) is 0 Å². The lowest BCUT2D eigenvalue weighted by Gasteiger charge is -2.09. The van der Waals surface area contributed by atoms with Crippen LogP contribution in [0.3, 0.4) is 0 Å². The third-order valence-corrected chi connectivity index (χ3v) is 2.89. The van der Waals surface area contributed by atoms with Gasteiger partial charge in [-0.2, -0.15) is 0 Å². The van der Waals surface area contributed by atoms with Crippen molar-refractivity contribution in [1.82, 2.24) is 4.98 Å². The molecule has 1 aromatic carbocycles. The number of nitrogens with one attached hydrogen (secondary N) is 1. The number of ether oxygens (including phenoxy) is 1. The maximum atomic E-state index is 10.6. The SMILES string of the molecule is NC(=O)CCCOc1cc(NCc2ccccc2)ccn1. The van der Waals surface area contributed by atoms with Gasteiger partial charge in [-0.05, 0) is 18.1 Å². The maximum absolute atomic E-state index is 10.6. The van der Waals surface area contributed by atoms with Gasteiger partial charge in [-0.15, -0.1) is 0 Å². The lowest BCUT2D eigenvalue weighted by molar-refractivity contribution is -0.118. The van der Waals surface area contributed by atoms with E-state index in [9.17, 15) is 4.79 Å². The molecule has 0 atom stereocenters. The van der Waals surface area contributed by atoms with Crippen LogP contribution in [-0.2, 0) is 11.3 Å². The number of pyridine rings is 1. The number of hydrogen-bond acceptors (Lipinski definition) is 4. The van der Waals surface area contributed by atoms with Gasteiger partial charge in [-0.1, -0.05) is 30.3 Å². The second-order valence-corrected chi connectivity index (χ2v) is 4.64. The van der Waals surface area contributed by atoms with Gasteiger partial charge in [0.05, 0.1) is 6.61 Å². The van der Waals surface area contributed by atoms with Crippen molar-refractivity contribution in [1.29, 1.82) is 0 Å². The quantitative estimate of drug-likeness (QED) is 0.730. The summed E-state index contributed by atoms with van der Waals surface area (Å²) >= 11 is 0. The third-order valence-electron chi connectivity index (χ3n) is 2.89. The molecule has 0 saturated heterocycles. The largest absolute Gasteiger partial charge is 0.478 e. The normalized spacial score (nSPS) is 10.1. The van der Waals surface area contributed by atoms with Crippen LogP contribution in [0.4, 0.5) is 5.69 Å². The maximum Gasteiger partial charge on any atom is 0.217 e. The smallest absolute Gasteiger partial charge is 0.217 e. The van der Waals surface area contributed by atoms with E-state index in [1.807, 2.05) is 30.3 Å². The summed E-state index contributed by atoms with van der Waals surface area (Å²) in [5.41, 5.74) is 7.22. The molecule has 2 aromatic rings. The van der Waals surface area contributed by atoms with Gasteiger partial charge >= 0.3 is 0 Å². The van der Waals surface area contributed by atoms with E-state index in [0.717, 1.165) is 12.2 Å². The number of amides is 1. The van der Waals surface area contributed by atoms with Crippen molar-refractivity contribution in [2.45, 2.75) is 19.4 Å². The topological polar surface area (TPSA) is 77.2 Å². The first-order valence-corrected chi connectivity index (χ1v) is 6.89. The van der Waals surface area contributed by atoms with Crippen LogP contribution in [0.1, 0.15) is 18.4 Å². The highest BCUT2D eigenvalue weighted by Gasteiger charge is 2.00. The Bertz CT molecular complexity index is 573. The zero-order valence-electron chi connectivity index (χ0n) is 11.8. The number of nitrogens with two attached hydrogens (primary N) is 1. The molecular formula is C16H19N3O2. The molecule has 0 unspecified atom stereocenters. The molecule has 2 rings (SSSR count). The van der Waals surface area contributed by atoms with Gasteiger partial charge in [-0.25, -0.2) is 4.98 Å². The minimum absolute atomic E-state index is 0.315. The molecular weight excluding hydrogens is 266 g/mol. The van der Waals surface area contributed by atoms with Crippen LogP contribution in [0.15, 0.2) is 48.7 Å². The summed E-state index contributed by atoms with van der Waals surface area (Å²) in [5, 5.41) is 3.32. The number of nitrogens with zero attached hydrogens (tertiary/aromatic N) is 1. The first-order valence-electron chi connectivity index (χ1n) is 6.89. The van der Waals surface area contributed by atoms with E-state index >= 15 is 0 Å². The van der Waals surface area contributed by atoms with Crippen LogP contribution in [0.25, 0.3) is 0 Å². The Balaban J connectivity index is 1.81. The van der Waals surface area contributed by atoms with Crippen molar-refractivity contribution in [3.8, 4) is 5.88 Å². The highest BCUT2D eigenvalue weighted by atomic mass is 16.5. The Morgan fingerprint density at radius 3 is 2.81 bits per heavy atom. The van der Waals surface area contributed by atoms with Gasteiger partial charge in [0, 0.05) is 30.9 Å². The average molecular weight is 285 g/mol. The number of carbonyl (C=O) groups is 1. The van der Waals surface area contributed by atoms with Crippen molar-refractivity contribution in [2.75, 3.05) is 11.9 Å². The number of hydrogen-bond donors (Lipinski definition) is 2. The van der Waals surface area contributed by atoms with Gasteiger partial charge in [0.25, 0.3) is 0 Å². The van der Waals surface area contributed by atoms with E-state index in [1.54, 1.807) is 6.20 Å². The van der Waals surface area contributed by atoms with E-state index in [1.165, 1.54) is 5.56 Å². The van der Waals surface area contributed by atoms with Gasteiger partial charge in [0.1, 0.15) is 0 Å². The van der Waals surface area contributed by atoms with Crippen molar-refractivity contribution in [3.63, 3.8) is 0 Å². The van der Waals surface area contributed by atoms with Crippen LogP contribution in [-0.4, -0.2) is 17.5 Å². The van der Waals surface area contributed by atoms with Crippen molar-refractivity contribution in [3.05, 3.63) is 54.2 Å². The van der Waals surface area contributed by atoms with Crippen LogP contribution < -0.4 is 15.8 Å². The molecule has 0 radical (unpaired) electrons. The molecule has 0 fully saturated rings. The highest BCUT2D eigenvalue weighted by molar-refractivity contribution is 5.73. The van der Waals surface area contributed by atoms with Crippen LogP contribution >= 0.6 is 0 Å². The zero-order chi connectivity index (χ0) is 14.9. The molecule has 5 heteroatoms. The summed E-state index contributed by atoms with van der Waals surface area (Å²) in [6, 6.07) is 13.9. The minimum Gasteiger partial charge on any atom is -0.478 e. The van der Waals surface area contributed by atoms with Crippen molar-refractivity contribution in [2.24, 2.45) is 5.73 Å². The first-order chi connectivity index (χ1) is 10.2. The van der Waals surface area contributed by atoms with E-state index < -0.39 is 0 Å². The van der Waals surface area contributed by atoms with Crippen LogP contribution in [0.5, 0.6) is 5.88 Å². The van der Waals surface area contributed by atoms with E-state index in [4.69, 9.17) is 10.5 Å². The molecule has 0 aliphatic rings. The summed E-state index contributed by atoms with van der Waals surface area (Å²) < 4.78 is 5.49. The zero-order valence-corrected chi connectivity index (χ0v) is 11.8. The molecule has 21 heavy (non-hydrogen) atoms. The van der Waals surface area contributed by atoms with Gasteiger partial charge < -0.3 is 15.8 Å². The Morgan fingerprint density at radius 2 is 2.05 bits per heavy atom. The molecule has 0 aliphatic heterocycles. The molecule has 0 aliphatic carbocycles. The fourth-order valence-electron chi connectivity index (χ4n) is 1.82. The molecule has 3 N–H and O–H groups in total. The predicted octanol–water partition coefficient (Wildman–Crippen LogP) is 2.34. The lowest BCUT2D eigenvalue weighted by atomic mass is 10.2. The van der Waals surface area contributed by atoms with E-state index in [-0.39, 0.29) is 5.91 Å². The Morgan fingerprint density at radius 1 is 1.24 bits per heavy atom. The number of rotatable bonds is 8. The first kappa shape index (κ1) is 14.8. The van der Waals surface area contributed by atoms with Gasteiger partial charge in [-0.3, -0.25) is 4.79 Å². The predicted molar refractivity (Wildman–Crippen MR) is 81.9 cm³/mol. The molecule has 0 bridgehead atoms. The number of benzene rings is 1. The summed E-state index contributed by atoms with van der Waals surface area (Å²) in [4.78, 5) is 14.8. The standard InChI is InChI=1S/C16H19N3O2/c17-15(20)7-4-10-21-16-11-14(8-9-18-16)19-12-13-5-2-1-3-6-13/h1-3,5-6,8-9,11H,4,7,10,12H2,(H2,17,20)(H,18,19). The molecule has 5 nitrogen and oxygen atoms in total. The monoisotopic (exact) mass is 285 g/mol. The molecule has 1 heterocycles. The second kappa shape index (κ2) is 7.89. The fraction of sp³-hybridized carbons (Fsp3) is 0.250. The lowest BCUT2D eigenvalue weighted by Crippen LogP contribution is -2.12. The average Bonchev–Trinajstić information content (AvgIpc) is 2.51. The summed E-state index contributed by atoms with van der Waals surface area (Å²) in [6.45, 7) is 1.17. The molecule has 1 amide bonds. The van der Waals surface area contributed by atoms with Gasteiger partial charge in [0.15, 0.2) is 0 Å². The van der Waals surface area contributed by atoms with Crippen molar-refractivity contribution < 1.29 is 9.53 Å². The third kappa shape index (κ3) is 5.52. The summed E-state index contributed by atoms with van der Waals surface area (Å²) in [7, 11) is 0. The Labute approximate surface area is 124 Å².